The zero-order chi connectivity index (χ0) is 19.1. The number of nitrogens with zero attached hydrogens (tertiary/aromatic N) is 1. The van der Waals surface area contributed by atoms with Crippen molar-refractivity contribution in [3.05, 3.63) is 71.8 Å². The van der Waals surface area contributed by atoms with Crippen molar-refractivity contribution in [2.45, 2.75) is 37.7 Å². The lowest BCUT2D eigenvalue weighted by molar-refractivity contribution is -0.152. The van der Waals surface area contributed by atoms with Crippen LogP contribution in [0.15, 0.2) is 60.7 Å². The molecule has 0 aromatic heterocycles. The van der Waals surface area contributed by atoms with Crippen molar-refractivity contribution < 1.29 is 14.6 Å². The Labute approximate surface area is 161 Å². The van der Waals surface area contributed by atoms with E-state index >= 15 is 0 Å². The molecule has 1 heterocycles. The smallest absolute Gasteiger partial charge is 0.316 e. The van der Waals surface area contributed by atoms with Crippen LogP contribution in [0, 0.1) is 0 Å². The predicted octanol–water partition coefficient (Wildman–Crippen LogP) is 3.71. The molecule has 2 aromatic rings. The fourth-order valence-corrected chi connectivity index (χ4v) is 3.94. The van der Waals surface area contributed by atoms with Gasteiger partial charge in [-0.15, -0.1) is 0 Å². The highest BCUT2D eigenvalue weighted by Gasteiger charge is 2.44. The molecule has 1 saturated heterocycles. The van der Waals surface area contributed by atoms with Gasteiger partial charge < -0.3 is 14.7 Å². The van der Waals surface area contributed by atoms with Crippen molar-refractivity contribution in [3.63, 3.8) is 0 Å². The lowest BCUT2D eigenvalue weighted by atomic mass is 9.72. The summed E-state index contributed by atoms with van der Waals surface area (Å²) >= 11 is 0. The van der Waals surface area contributed by atoms with E-state index in [0.717, 1.165) is 43.6 Å². The Kier molecular flexibility index (Phi) is 6.64. The minimum atomic E-state index is -0.550. The van der Waals surface area contributed by atoms with E-state index in [-0.39, 0.29) is 5.97 Å². The average Bonchev–Trinajstić information content (AvgIpc) is 2.74. The summed E-state index contributed by atoms with van der Waals surface area (Å²) in [6.45, 7) is 4.74. The highest BCUT2D eigenvalue weighted by molar-refractivity contribution is 5.83. The van der Waals surface area contributed by atoms with Crippen LogP contribution in [0.4, 0.5) is 0 Å². The number of benzene rings is 2. The van der Waals surface area contributed by atoms with E-state index in [1.807, 2.05) is 67.6 Å². The molecule has 2 aromatic carbocycles. The van der Waals surface area contributed by atoms with E-state index < -0.39 is 11.5 Å². The molecule has 3 rings (SSSR count). The van der Waals surface area contributed by atoms with Gasteiger partial charge in [0.05, 0.1) is 18.1 Å². The van der Waals surface area contributed by atoms with Crippen molar-refractivity contribution in [2.24, 2.45) is 0 Å². The molecule has 4 heteroatoms. The third-order valence-electron chi connectivity index (χ3n) is 5.61. The van der Waals surface area contributed by atoms with Gasteiger partial charge in [0, 0.05) is 6.54 Å². The Hall–Kier alpha value is -2.17. The first-order valence-corrected chi connectivity index (χ1v) is 9.84. The number of carbonyl (C=O) groups excluding carboxylic acids is 1. The molecule has 0 saturated carbocycles. The summed E-state index contributed by atoms with van der Waals surface area (Å²) in [5.74, 6) is -0.111. The molecule has 1 N–H and O–H groups in total. The van der Waals surface area contributed by atoms with Crippen molar-refractivity contribution >= 4 is 5.97 Å². The molecule has 27 heavy (non-hydrogen) atoms. The van der Waals surface area contributed by atoms with Gasteiger partial charge in [-0.3, -0.25) is 4.79 Å². The number of aliphatic hydroxyl groups is 1. The quantitative estimate of drug-likeness (QED) is 0.758. The van der Waals surface area contributed by atoms with Crippen LogP contribution in [0.1, 0.15) is 43.4 Å². The summed E-state index contributed by atoms with van der Waals surface area (Å²) < 4.78 is 5.43. The molecule has 1 aliphatic heterocycles. The molecule has 144 valence electrons. The first kappa shape index (κ1) is 19.6. The van der Waals surface area contributed by atoms with Crippen molar-refractivity contribution in [2.75, 3.05) is 26.2 Å². The molecule has 0 radical (unpaired) electrons. The summed E-state index contributed by atoms with van der Waals surface area (Å²) in [5, 5.41) is 10.4. The highest BCUT2D eigenvalue weighted by atomic mass is 16.5. The van der Waals surface area contributed by atoms with Gasteiger partial charge in [-0.05, 0) is 50.4 Å². The topological polar surface area (TPSA) is 49.8 Å². The minimum Gasteiger partial charge on any atom is -0.465 e. The Bertz CT molecular complexity index is 709. The molecule has 0 unspecified atom stereocenters. The van der Waals surface area contributed by atoms with Crippen molar-refractivity contribution in [3.8, 4) is 0 Å². The number of carbonyl (C=O) groups is 1. The maximum Gasteiger partial charge on any atom is 0.316 e. The summed E-state index contributed by atoms with van der Waals surface area (Å²) in [7, 11) is 0. The van der Waals surface area contributed by atoms with Gasteiger partial charge in [-0.25, -0.2) is 0 Å². The van der Waals surface area contributed by atoms with Gasteiger partial charge in [0.2, 0.25) is 0 Å². The fraction of sp³-hybridized carbons (Fsp3) is 0.435. The number of hydrogen-bond acceptors (Lipinski definition) is 4. The van der Waals surface area contributed by atoms with Crippen LogP contribution in [0.5, 0.6) is 0 Å². The fourth-order valence-electron chi connectivity index (χ4n) is 3.94. The maximum atomic E-state index is 12.8. The van der Waals surface area contributed by atoms with Gasteiger partial charge in [-0.2, -0.15) is 0 Å². The van der Waals surface area contributed by atoms with Gasteiger partial charge in [0.15, 0.2) is 0 Å². The van der Waals surface area contributed by atoms with Gasteiger partial charge in [0.25, 0.3) is 0 Å². The van der Waals surface area contributed by atoms with Crippen LogP contribution < -0.4 is 0 Å². The van der Waals surface area contributed by atoms with Crippen LogP contribution in [0.2, 0.25) is 0 Å². The number of ether oxygens (including phenoxy) is 1. The Balaban J connectivity index is 1.62. The molecule has 0 amide bonds. The van der Waals surface area contributed by atoms with E-state index in [9.17, 15) is 9.90 Å². The first-order chi connectivity index (χ1) is 13.2. The number of aliphatic hydroxyl groups excluding tert-OH is 1. The van der Waals surface area contributed by atoms with Gasteiger partial charge in [0.1, 0.15) is 0 Å². The van der Waals surface area contributed by atoms with Crippen LogP contribution in [0.25, 0.3) is 0 Å². The molecule has 1 fully saturated rings. The summed E-state index contributed by atoms with van der Waals surface area (Å²) in [4.78, 5) is 15.1. The minimum absolute atomic E-state index is 0.111. The maximum absolute atomic E-state index is 12.8. The van der Waals surface area contributed by atoms with Crippen LogP contribution in [0.3, 0.4) is 0 Å². The molecule has 1 aliphatic rings. The van der Waals surface area contributed by atoms with Gasteiger partial charge >= 0.3 is 5.97 Å². The predicted molar refractivity (Wildman–Crippen MR) is 106 cm³/mol. The first-order valence-electron chi connectivity index (χ1n) is 9.84. The van der Waals surface area contributed by atoms with E-state index in [0.29, 0.717) is 13.0 Å². The summed E-state index contributed by atoms with van der Waals surface area (Å²) in [6.07, 6.45) is 1.74. The number of hydrogen-bond donors (Lipinski definition) is 1. The second kappa shape index (κ2) is 9.16. The third kappa shape index (κ3) is 4.57. The number of likely N-dealkylation sites (tertiary alicyclic amines) is 1. The molecular formula is C23H29NO3. The molecular weight excluding hydrogens is 338 g/mol. The van der Waals surface area contributed by atoms with Crippen LogP contribution >= 0.6 is 0 Å². The van der Waals surface area contributed by atoms with E-state index in [1.54, 1.807) is 0 Å². The second-order valence-electron chi connectivity index (χ2n) is 7.23. The molecule has 0 aliphatic carbocycles. The highest BCUT2D eigenvalue weighted by Crippen LogP contribution is 2.37. The average molecular weight is 367 g/mol. The van der Waals surface area contributed by atoms with Crippen LogP contribution in [-0.4, -0.2) is 42.2 Å². The van der Waals surface area contributed by atoms with E-state index in [1.165, 1.54) is 0 Å². The molecule has 0 bridgehead atoms. The normalized spacial score (nSPS) is 18.0. The Morgan fingerprint density at radius 3 is 2.26 bits per heavy atom. The number of rotatable bonds is 7. The molecule has 1 atom stereocenters. The van der Waals surface area contributed by atoms with Crippen LogP contribution in [-0.2, 0) is 14.9 Å². The molecule has 0 spiro atoms. The van der Waals surface area contributed by atoms with Crippen molar-refractivity contribution in [1.82, 2.24) is 4.90 Å². The summed E-state index contributed by atoms with van der Waals surface area (Å²) in [6, 6.07) is 19.8. The lowest BCUT2D eigenvalue weighted by Crippen LogP contribution is -2.48. The van der Waals surface area contributed by atoms with E-state index in [4.69, 9.17) is 4.74 Å². The van der Waals surface area contributed by atoms with Crippen molar-refractivity contribution in [1.29, 1.82) is 0 Å². The zero-order valence-corrected chi connectivity index (χ0v) is 16.0. The van der Waals surface area contributed by atoms with E-state index in [2.05, 4.69) is 4.90 Å². The standard InChI is InChI=1S/C23H29NO3/c1-2-27-22(26)23(20-11-7-4-8-12-20)14-17-24(18-15-23)16-13-21(25)19-9-5-3-6-10-19/h3-12,21,25H,2,13-18H2,1H3/t21-/m0/s1. The monoisotopic (exact) mass is 367 g/mol. The Morgan fingerprint density at radius 2 is 1.67 bits per heavy atom. The third-order valence-corrected chi connectivity index (χ3v) is 5.61. The second-order valence-corrected chi connectivity index (χ2v) is 7.23. The Morgan fingerprint density at radius 1 is 1.07 bits per heavy atom. The summed E-state index contributed by atoms with van der Waals surface area (Å²) in [5.41, 5.74) is 1.46. The number of esters is 1. The van der Waals surface area contributed by atoms with Gasteiger partial charge in [-0.1, -0.05) is 60.7 Å². The molecule has 4 nitrogen and oxygen atoms in total. The lowest BCUT2D eigenvalue weighted by Gasteiger charge is -2.40. The number of piperidine rings is 1. The zero-order valence-electron chi connectivity index (χ0n) is 16.0. The SMILES string of the molecule is CCOC(=O)C1(c2ccccc2)CCN(CC[C@H](O)c2ccccc2)CC1. The largest absolute Gasteiger partial charge is 0.465 e.